The number of nitrogens with zero attached hydrogens (tertiary/aromatic N) is 2. The van der Waals surface area contributed by atoms with Gasteiger partial charge in [-0.1, -0.05) is 32.1 Å². The highest BCUT2D eigenvalue weighted by atomic mass is 32.1. The molecule has 112 valence electrons. The number of rotatable bonds is 7. The Bertz CT molecular complexity index is 461. The molecule has 1 aromatic rings. The number of nitrogens with one attached hydrogen (secondary N) is 2. The minimum absolute atomic E-state index is 0.0960. The Balaban J connectivity index is 2.43. The third kappa shape index (κ3) is 5.52. The maximum Gasteiger partial charge on any atom is 0.321 e. The number of anilines is 1. The van der Waals surface area contributed by atoms with Gasteiger partial charge in [0.25, 0.3) is 0 Å². The van der Waals surface area contributed by atoms with Crippen molar-refractivity contribution >= 4 is 28.5 Å². The van der Waals surface area contributed by atoms with Crippen LogP contribution < -0.4 is 10.6 Å². The van der Waals surface area contributed by atoms with Gasteiger partial charge in [0.15, 0.2) is 0 Å². The molecule has 1 heterocycles. The Kier molecular flexibility index (Phi) is 6.37. The Morgan fingerprint density at radius 3 is 2.55 bits per heavy atom. The average molecular weight is 300 g/mol. The fraction of sp³-hybridized carbons (Fsp3) is 0.667. The molecule has 1 unspecified atom stereocenters. The number of hydrogen-bond donors (Lipinski definition) is 3. The van der Waals surface area contributed by atoms with Crippen molar-refractivity contribution in [2.45, 2.75) is 33.6 Å². The summed E-state index contributed by atoms with van der Waals surface area (Å²) in [6.45, 7) is 5.94. The lowest BCUT2D eigenvalue weighted by molar-refractivity contribution is -0.142. The summed E-state index contributed by atoms with van der Waals surface area (Å²) < 4.78 is 0. The molecule has 1 aromatic heterocycles. The molecule has 1 rings (SSSR count). The van der Waals surface area contributed by atoms with E-state index >= 15 is 0 Å². The van der Waals surface area contributed by atoms with Gasteiger partial charge in [-0.3, -0.25) is 10.1 Å². The molecule has 0 saturated heterocycles. The van der Waals surface area contributed by atoms with E-state index < -0.39 is 17.9 Å². The van der Waals surface area contributed by atoms with Gasteiger partial charge < -0.3 is 10.4 Å². The SMILES string of the molecule is CCc1nnc(NC(=O)NCC(CC(C)C)C(=O)O)s1. The Labute approximate surface area is 121 Å². The van der Waals surface area contributed by atoms with Gasteiger partial charge in [-0.2, -0.15) is 0 Å². The molecule has 0 spiro atoms. The molecular weight excluding hydrogens is 280 g/mol. The minimum Gasteiger partial charge on any atom is -0.481 e. The van der Waals surface area contributed by atoms with E-state index in [4.69, 9.17) is 5.11 Å². The van der Waals surface area contributed by atoms with Gasteiger partial charge in [0.05, 0.1) is 5.92 Å². The van der Waals surface area contributed by atoms with Crippen molar-refractivity contribution in [1.29, 1.82) is 0 Å². The van der Waals surface area contributed by atoms with Crippen LogP contribution in [0.25, 0.3) is 0 Å². The summed E-state index contributed by atoms with van der Waals surface area (Å²) in [6.07, 6.45) is 1.28. The zero-order valence-corrected chi connectivity index (χ0v) is 12.7. The van der Waals surface area contributed by atoms with Crippen LogP contribution in [0, 0.1) is 11.8 Å². The Morgan fingerprint density at radius 2 is 2.05 bits per heavy atom. The third-order valence-electron chi connectivity index (χ3n) is 2.60. The summed E-state index contributed by atoms with van der Waals surface area (Å²) in [7, 11) is 0. The number of carbonyl (C=O) groups is 2. The number of urea groups is 1. The van der Waals surface area contributed by atoms with Crippen molar-refractivity contribution in [1.82, 2.24) is 15.5 Å². The predicted octanol–water partition coefficient (Wildman–Crippen LogP) is 1.97. The van der Waals surface area contributed by atoms with E-state index in [2.05, 4.69) is 20.8 Å². The largest absolute Gasteiger partial charge is 0.481 e. The van der Waals surface area contributed by atoms with E-state index in [0.717, 1.165) is 11.4 Å². The average Bonchev–Trinajstić information content (AvgIpc) is 2.81. The van der Waals surface area contributed by atoms with E-state index in [1.54, 1.807) is 0 Å². The van der Waals surface area contributed by atoms with Crippen molar-refractivity contribution in [2.75, 3.05) is 11.9 Å². The van der Waals surface area contributed by atoms with Gasteiger partial charge in [-0.25, -0.2) is 4.79 Å². The summed E-state index contributed by atoms with van der Waals surface area (Å²) in [5.74, 6) is -1.22. The maximum absolute atomic E-state index is 11.6. The molecule has 0 fully saturated rings. The first kappa shape index (κ1) is 16.4. The molecular formula is C12H20N4O3S. The van der Waals surface area contributed by atoms with Crippen molar-refractivity contribution in [3.05, 3.63) is 5.01 Å². The van der Waals surface area contributed by atoms with E-state index in [-0.39, 0.29) is 12.5 Å². The molecule has 2 amide bonds. The molecule has 0 saturated carbocycles. The molecule has 20 heavy (non-hydrogen) atoms. The lowest BCUT2D eigenvalue weighted by Gasteiger charge is -2.15. The lowest BCUT2D eigenvalue weighted by atomic mass is 9.97. The smallest absolute Gasteiger partial charge is 0.321 e. The molecule has 0 aliphatic carbocycles. The topological polar surface area (TPSA) is 104 Å². The van der Waals surface area contributed by atoms with Crippen LogP contribution in [0.3, 0.4) is 0 Å². The zero-order chi connectivity index (χ0) is 15.1. The van der Waals surface area contributed by atoms with Crippen molar-refractivity contribution in [3.8, 4) is 0 Å². The van der Waals surface area contributed by atoms with Gasteiger partial charge in [0, 0.05) is 6.54 Å². The van der Waals surface area contributed by atoms with Crippen molar-refractivity contribution in [2.24, 2.45) is 11.8 Å². The van der Waals surface area contributed by atoms with Gasteiger partial charge >= 0.3 is 12.0 Å². The van der Waals surface area contributed by atoms with E-state index in [0.29, 0.717) is 11.6 Å². The molecule has 0 aliphatic heterocycles. The van der Waals surface area contributed by atoms with Crippen LogP contribution in [-0.2, 0) is 11.2 Å². The monoisotopic (exact) mass is 300 g/mol. The number of hydrogen-bond acceptors (Lipinski definition) is 5. The summed E-state index contributed by atoms with van der Waals surface area (Å²) in [5.41, 5.74) is 0. The number of aryl methyl sites for hydroxylation is 1. The predicted molar refractivity (Wildman–Crippen MR) is 76.9 cm³/mol. The normalized spacial score (nSPS) is 12.2. The molecule has 3 N–H and O–H groups in total. The van der Waals surface area contributed by atoms with Gasteiger partial charge in [0.2, 0.25) is 5.13 Å². The molecule has 0 bridgehead atoms. The van der Waals surface area contributed by atoms with Gasteiger partial charge in [0.1, 0.15) is 5.01 Å². The second kappa shape index (κ2) is 7.78. The number of carboxylic acids is 1. The first-order chi connectivity index (χ1) is 9.42. The standard InChI is InChI=1S/C12H20N4O3S/c1-4-9-15-16-12(20-9)14-11(19)13-6-8(10(17)18)5-7(2)3/h7-8H,4-6H2,1-3H3,(H,17,18)(H2,13,14,16,19). The van der Waals surface area contributed by atoms with Crippen LogP contribution in [0.1, 0.15) is 32.2 Å². The number of carboxylic acid groups (broad SMARTS) is 1. The molecule has 0 aliphatic rings. The minimum atomic E-state index is -0.900. The molecule has 0 radical (unpaired) electrons. The number of carbonyl (C=O) groups excluding carboxylic acids is 1. The number of amides is 2. The van der Waals surface area contributed by atoms with Crippen molar-refractivity contribution in [3.63, 3.8) is 0 Å². The number of aromatic nitrogens is 2. The van der Waals surface area contributed by atoms with Crippen LogP contribution in [0.4, 0.5) is 9.93 Å². The van der Waals surface area contributed by atoms with Gasteiger partial charge in [-0.05, 0) is 18.8 Å². The summed E-state index contributed by atoms with van der Waals surface area (Å²) >= 11 is 1.30. The summed E-state index contributed by atoms with van der Waals surface area (Å²) in [4.78, 5) is 22.7. The summed E-state index contributed by atoms with van der Waals surface area (Å²) in [5, 5.41) is 23.1. The highest BCUT2D eigenvalue weighted by Gasteiger charge is 2.19. The maximum atomic E-state index is 11.6. The van der Waals surface area contributed by atoms with E-state index in [1.807, 2.05) is 20.8 Å². The first-order valence-electron chi connectivity index (χ1n) is 6.52. The van der Waals surface area contributed by atoms with Crippen LogP contribution >= 0.6 is 11.3 Å². The number of aliphatic carboxylic acids is 1. The Morgan fingerprint density at radius 1 is 1.35 bits per heavy atom. The second-order valence-electron chi connectivity index (χ2n) is 4.85. The molecule has 0 aromatic carbocycles. The molecule has 7 nitrogen and oxygen atoms in total. The van der Waals surface area contributed by atoms with Crippen LogP contribution in [0.5, 0.6) is 0 Å². The van der Waals surface area contributed by atoms with Gasteiger partial charge in [-0.15, -0.1) is 10.2 Å². The fourth-order valence-electron chi connectivity index (χ4n) is 1.64. The first-order valence-corrected chi connectivity index (χ1v) is 7.34. The summed E-state index contributed by atoms with van der Waals surface area (Å²) in [6, 6.07) is -0.459. The molecule has 1 atom stereocenters. The fourth-order valence-corrected chi connectivity index (χ4v) is 2.32. The van der Waals surface area contributed by atoms with Crippen LogP contribution in [0.15, 0.2) is 0 Å². The molecule has 8 heteroatoms. The lowest BCUT2D eigenvalue weighted by Crippen LogP contribution is -2.36. The van der Waals surface area contributed by atoms with Crippen molar-refractivity contribution < 1.29 is 14.7 Å². The highest BCUT2D eigenvalue weighted by Crippen LogP contribution is 2.15. The van der Waals surface area contributed by atoms with E-state index in [1.165, 1.54) is 11.3 Å². The van der Waals surface area contributed by atoms with E-state index in [9.17, 15) is 9.59 Å². The Hall–Kier alpha value is -1.70. The zero-order valence-electron chi connectivity index (χ0n) is 11.8. The third-order valence-corrected chi connectivity index (χ3v) is 3.59. The van der Waals surface area contributed by atoms with Crippen LogP contribution in [0.2, 0.25) is 0 Å². The second-order valence-corrected chi connectivity index (χ2v) is 5.92. The quantitative estimate of drug-likeness (QED) is 0.714. The van der Waals surface area contributed by atoms with Crippen LogP contribution in [-0.4, -0.2) is 33.8 Å². The highest BCUT2D eigenvalue weighted by molar-refractivity contribution is 7.15.